The second-order valence-corrected chi connectivity index (χ2v) is 6.79. The summed E-state index contributed by atoms with van der Waals surface area (Å²) in [6, 6.07) is 13.1. The maximum atomic E-state index is 12.4. The van der Waals surface area contributed by atoms with Gasteiger partial charge in [0.15, 0.2) is 0 Å². The molecule has 0 heterocycles. The van der Waals surface area contributed by atoms with Crippen LogP contribution in [0.3, 0.4) is 0 Å². The Labute approximate surface area is 157 Å². The first-order valence-electron chi connectivity index (χ1n) is 7.65. The molecule has 2 aromatic rings. The maximum Gasteiger partial charge on any atom is 0.251 e. The highest BCUT2D eigenvalue weighted by molar-refractivity contribution is 6.35. The predicted molar refractivity (Wildman–Crippen MR) is 102 cm³/mol. The molecule has 0 bridgehead atoms. The molecular weight excluding hydrogens is 367 g/mol. The fourth-order valence-corrected chi connectivity index (χ4v) is 3.36. The molecule has 2 aromatic carbocycles. The molecule has 0 aromatic heterocycles. The Hall–Kier alpha value is -1.26. The van der Waals surface area contributed by atoms with Crippen molar-refractivity contribution in [2.24, 2.45) is 5.73 Å². The number of rotatable bonds is 3. The average Bonchev–Trinajstić information content (AvgIpc) is 2.95. The van der Waals surface area contributed by atoms with Crippen molar-refractivity contribution in [2.45, 2.75) is 31.3 Å². The minimum Gasteiger partial charge on any atom is -0.349 e. The average molecular weight is 386 g/mol. The van der Waals surface area contributed by atoms with Crippen LogP contribution in [0.4, 0.5) is 0 Å². The summed E-state index contributed by atoms with van der Waals surface area (Å²) in [5.41, 5.74) is 8.19. The Kier molecular flexibility index (Phi) is 6.53. The molecule has 3 rings (SSSR count). The summed E-state index contributed by atoms with van der Waals surface area (Å²) in [4.78, 5) is 12.4. The van der Waals surface area contributed by atoms with Crippen LogP contribution in [-0.4, -0.2) is 18.0 Å². The largest absolute Gasteiger partial charge is 0.349 e. The SMILES string of the molecule is Cl.N[C@@H]1CC[C@H](NC(=O)c2cccc(-c3cc(Cl)ccc3Cl)c2)C1. The molecule has 2 atom stereocenters. The first-order valence-corrected chi connectivity index (χ1v) is 8.40. The summed E-state index contributed by atoms with van der Waals surface area (Å²) >= 11 is 12.3. The number of amides is 1. The minimum atomic E-state index is -0.0795. The lowest BCUT2D eigenvalue weighted by Crippen LogP contribution is -2.34. The Morgan fingerprint density at radius 1 is 1.12 bits per heavy atom. The number of hydrogen-bond acceptors (Lipinski definition) is 2. The van der Waals surface area contributed by atoms with Crippen LogP contribution in [0.1, 0.15) is 29.6 Å². The van der Waals surface area contributed by atoms with Crippen LogP contribution in [0, 0.1) is 0 Å². The highest BCUT2D eigenvalue weighted by Gasteiger charge is 2.23. The second-order valence-electron chi connectivity index (χ2n) is 5.95. The quantitative estimate of drug-likeness (QED) is 0.805. The van der Waals surface area contributed by atoms with E-state index in [1.54, 1.807) is 24.3 Å². The van der Waals surface area contributed by atoms with Crippen LogP contribution in [0.25, 0.3) is 11.1 Å². The maximum absolute atomic E-state index is 12.4. The van der Waals surface area contributed by atoms with E-state index in [0.29, 0.717) is 15.6 Å². The van der Waals surface area contributed by atoms with E-state index in [2.05, 4.69) is 5.32 Å². The molecule has 1 fully saturated rings. The summed E-state index contributed by atoms with van der Waals surface area (Å²) in [6.07, 6.45) is 2.74. The zero-order valence-electron chi connectivity index (χ0n) is 13.0. The lowest BCUT2D eigenvalue weighted by atomic mass is 10.0. The van der Waals surface area contributed by atoms with Crippen LogP contribution in [0.15, 0.2) is 42.5 Å². The highest BCUT2D eigenvalue weighted by Crippen LogP contribution is 2.31. The van der Waals surface area contributed by atoms with Gasteiger partial charge in [-0.2, -0.15) is 0 Å². The fourth-order valence-electron chi connectivity index (χ4n) is 2.96. The molecule has 1 amide bonds. The molecule has 0 unspecified atom stereocenters. The number of carbonyl (C=O) groups is 1. The normalized spacial score (nSPS) is 19.6. The zero-order valence-corrected chi connectivity index (χ0v) is 15.3. The smallest absolute Gasteiger partial charge is 0.251 e. The van der Waals surface area contributed by atoms with Crippen molar-refractivity contribution in [1.29, 1.82) is 0 Å². The molecule has 1 saturated carbocycles. The molecule has 0 radical (unpaired) electrons. The number of hydrogen-bond donors (Lipinski definition) is 2. The minimum absolute atomic E-state index is 0. The van der Waals surface area contributed by atoms with Gasteiger partial charge in [0.1, 0.15) is 0 Å². The van der Waals surface area contributed by atoms with Crippen molar-refractivity contribution in [3.8, 4) is 11.1 Å². The predicted octanol–water partition coefficient (Wildman–Crippen LogP) is 4.69. The summed E-state index contributed by atoms with van der Waals surface area (Å²) in [7, 11) is 0. The van der Waals surface area contributed by atoms with E-state index < -0.39 is 0 Å². The van der Waals surface area contributed by atoms with Crippen molar-refractivity contribution < 1.29 is 4.79 Å². The molecule has 24 heavy (non-hydrogen) atoms. The molecule has 0 aliphatic heterocycles. The van der Waals surface area contributed by atoms with Gasteiger partial charge >= 0.3 is 0 Å². The third-order valence-corrected chi connectivity index (χ3v) is 4.74. The van der Waals surface area contributed by atoms with Gasteiger partial charge in [-0.25, -0.2) is 0 Å². The van der Waals surface area contributed by atoms with Crippen molar-refractivity contribution >= 4 is 41.5 Å². The Morgan fingerprint density at radius 2 is 1.92 bits per heavy atom. The molecule has 0 spiro atoms. The van der Waals surface area contributed by atoms with Gasteiger partial charge < -0.3 is 11.1 Å². The third kappa shape index (κ3) is 4.42. The van der Waals surface area contributed by atoms with E-state index in [9.17, 15) is 4.79 Å². The van der Waals surface area contributed by atoms with Crippen molar-refractivity contribution in [1.82, 2.24) is 5.32 Å². The summed E-state index contributed by atoms with van der Waals surface area (Å²) in [6.45, 7) is 0. The fraction of sp³-hybridized carbons (Fsp3) is 0.278. The van der Waals surface area contributed by atoms with Crippen LogP contribution in [-0.2, 0) is 0 Å². The molecule has 1 aliphatic carbocycles. The van der Waals surface area contributed by atoms with Crippen LogP contribution >= 0.6 is 35.6 Å². The van der Waals surface area contributed by atoms with E-state index >= 15 is 0 Å². The number of carbonyl (C=O) groups excluding carboxylic acids is 1. The zero-order chi connectivity index (χ0) is 16.4. The second kappa shape index (κ2) is 8.21. The van der Waals surface area contributed by atoms with Crippen molar-refractivity contribution in [3.63, 3.8) is 0 Å². The van der Waals surface area contributed by atoms with Crippen molar-refractivity contribution in [2.75, 3.05) is 0 Å². The van der Waals surface area contributed by atoms with Crippen molar-refractivity contribution in [3.05, 3.63) is 58.1 Å². The first-order chi connectivity index (χ1) is 11.0. The van der Waals surface area contributed by atoms with Gasteiger partial charge in [-0.05, 0) is 55.2 Å². The monoisotopic (exact) mass is 384 g/mol. The van der Waals surface area contributed by atoms with Gasteiger partial charge in [0, 0.05) is 33.3 Å². The molecule has 128 valence electrons. The van der Waals surface area contributed by atoms with Crippen LogP contribution < -0.4 is 11.1 Å². The van der Waals surface area contributed by atoms with Gasteiger partial charge in [-0.15, -0.1) is 12.4 Å². The topological polar surface area (TPSA) is 55.1 Å². The van der Waals surface area contributed by atoms with Gasteiger partial charge in [0.2, 0.25) is 0 Å². The number of halogens is 3. The van der Waals surface area contributed by atoms with E-state index in [1.165, 1.54) is 0 Å². The highest BCUT2D eigenvalue weighted by atomic mass is 35.5. The number of benzene rings is 2. The van der Waals surface area contributed by atoms with Gasteiger partial charge in [0.25, 0.3) is 5.91 Å². The summed E-state index contributed by atoms with van der Waals surface area (Å²) in [5.74, 6) is -0.0795. The molecule has 6 heteroatoms. The van der Waals surface area contributed by atoms with Crippen LogP contribution in [0.2, 0.25) is 10.0 Å². The molecule has 3 nitrogen and oxygen atoms in total. The summed E-state index contributed by atoms with van der Waals surface area (Å²) in [5, 5.41) is 4.27. The lowest BCUT2D eigenvalue weighted by molar-refractivity contribution is 0.0937. The van der Waals surface area contributed by atoms with E-state index in [-0.39, 0.29) is 30.4 Å². The van der Waals surface area contributed by atoms with Gasteiger partial charge in [0.05, 0.1) is 0 Å². The molecule has 1 aliphatic rings. The standard InChI is InChI=1S/C18H18Cl2N2O.ClH/c19-13-4-7-17(20)16(9-13)11-2-1-3-12(8-11)18(23)22-15-6-5-14(21)10-15;/h1-4,7-9,14-15H,5-6,10,21H2,(H,22,23);1H/t14-,15+;/m1./s1. The van der Waals surface area contributed by atoms with E-state index in [0.717, 1.165) is 30.4 Å². The lowest BCUT2D eigenvalue weighted by Gasteiger charge is -2.13. The number of nitrogens with two attached hydrogens (primary N) is 1. The third-order valence-electron chi connectivity index (χ3n) is 4.17. The molecular formula is C18H19Cl3N2O. The van der Waals surface area contributed by atoms with E-state index in [4.69, 9.17) is 28.9 Å². The molecule has 3 N–H and O–H groups in total. The summed E-state index contributed by atoms with van der Waals surface area (Å²) < 4.78 is 0. The first kappa shape index (κ1) is 19.1. The molecule has 0 saturated heterocycles. The Morgan fingerprint density at radius 3 is 2.62 bits per heavy atom. The Balaban J connectivity index is 0.00000208. The van der Waals surface area contributed by atoms with Crippen LogP contribution in [0.5, 0.6) is 0 Å². The van der Waals surface area contributed by atoms with Gasteiger partial charge in [-0.1, -0.05) is 35.3 Å². The Bertz CT molecular complexity index is 736. The number of nitrogens with one attached hydrogen (secondary N) is 1. The van der Waals surface area contributed by atoms with Gasteiger partial charge in [-0.3, -0.25) is 4.79 Å². The van der Waals surface area contributed by atoms with E-state index in [1.807, 2.05) is 18.2 Å².